The fraction of sp³-hybridized carbons (Fsp3) is 0.803. The maximum absolute atomic E-state index is 13.0. The molecule has 0 aromatic carbocycles. The van der Waals surface area contributed by atoms with Crippen molar-refractivity contribution in [3.05, 3.63) is 85.1 Å². The van der Waals surface area contributed by atoms with Crippen LogP contribution in [0.1, 0.15) is 341 Å². The zero-order valence-electron chi connectivity index (χ0n) is 56.8. The predicted octanol–water partition coefficient (Wildman–Crippen LogP) is 22.9. The van der Waals surface area contributed by atoms with Crippen LogP contribution in [0, 0.1) is 0 Å². The summed E-state index contributed by atoms with van der Waals surface area (Å²) in [4.78, 5) is 25.6. The molecule has 0 heterocycles. The molecule has 0 radical (unpaired) electrons. The van der Waals surface area contributed by atoms with Gasteiger partial charge in [0.1, 0.15) is 13.2 Å². The first kappa shape index (κ1) is 82.7. The van der Waals surface area contributed by atoms with Crippen molar-refractivity contribution >= 4 is 13.7 Å². The van der Waals surface area contributed by atoms with Crippen molar-refractivity contribution in [1.29, 1.82) is 0 Å². The number of amides is 1. The molecule has 0 aromatic heterocycles. The Labute approximate surface area is 528 Å². The highest BCUT2D eigenvalue weighted by Gasteiger charge is 2.23. The van der Waals surface area contributed by atoms with Crippen LogP contribution < -0.4 is 10.2 Å². The number of quaternary nitrogens is 1. The molecule has 9 heteroatoms. The highest BCUT2D eigenvalue weighted by molar-refractivity contribution is 7.45. The molecule has 0 aliphatic rings. The monoisotopic (exact) mass is 1210 g/mol. The maximum atomic E-state index is 13.0. The lowest BCUT2D eigenvalue weighted by Crippen LogP contribution is -2.45. The number of phosphoric ester groups is 1. The first-order valence-electron chi connectivity index (χ1n) is 36.4. The fourth-order valence-electron chi connectivity index (χ4n) is 10.7. The van der Waals surface area contributed by atoms with Gasteiger partial charge in [0.05, 0.1) is 39.9 Å². The molecule has 2 N–H and O–H groups in total. The van der Waals surface area contributed by atoms with E-state index in [1.54, 1.807) is 6.08 Å². The SMILES string of the molecule is CC/C=C\C/C=C\C/C=C\C/C=C\CCCCCCCCCCCCCCCCCCCCCCCCC(=O)NC(COP(=O)([O-])OCC[N+](C)(C)C)C(O)/C=C/CC/C=C/CC/C=C/CCCCCCCCCCCCCCCCCCCC. The van der Waals surface area contributed by atoms with Crippen molar-refractivity contribution in [2.75, 3.05) is 40.9 Å². The van der Waals surface area contributed by atoms with Crippen LogP contribution in [-0.2, 0) is 18.4 Å². The molecule has 1 amide bonds. The number of unbranched alkanes of at least 4 members (excludes halogenated alkanes) is 42. The van der Waals surface area contributed by atoms with Gasteiger partial charge in [-0.3, -0.25) is 9.36 Å². The Morgan fingerprint density at radius 3 is 1.09 bits per heavy atom. The highest BCUT2D eigenvalue weighted by Crippen LogP contribution is 2.38. The van der Waals surface area contributed by atoms with Gasteiger partial charge in [0, 0.05) is 6.42 Å². The lowest BCUT2D eigenvalue weighted by molar-refractivity contribution is -0.870. The second-order valence-electron chi connectivity index (χ2n) is 25.9. The summed E-state index contributed by atoms with van der Waals surface area (Å²) in [5.41, 5.74) is 0. The number of allylic oxidation sites excluding steroid dienone is 13. The number of nitrogens with zero attached hydrogens (tertiary/aromatic N) is 1. The van der Waals surface area contributed by atoms with E-state index in [-0.39, 0.29) is 12.5 Å². The van der Waals surface area contributed by atoms with Crippen molar-refractivity contribution in [2.24, 2.45) is 0 Å². The second-order valence-corrected chi connectivity index (χ2v) is 27.3. The largest absolute Gasteiger partial charge is 0.756 e. The number of carbonyl (C=O) groups excluding carboxylic acids is 1. The number of nitrogens with one attached hydrogen (secondary N) is 1. The van der Waals surface area contributed by atoms with Crippen molar-refractivity contribution in [3.8, 4) is 0 Å². The number of aliphatic hydroxyl groups is 1. The van der Waals surface area contributed by atoms with Gasteiger partial charge in [-0.25, -0.2) is 0 Å². The number of likely N-dealkylation sites (N-methyl/N-ethyl adjacent to an activating group) is 1. The number of aliphatic hydroxyl groups excluding tert-OH is 1. The molecule has 0 aromatic rings. The summed E-state index contributed by atoms with van der Waals surface area (Å²) in [6.45, 7) is 4.55. The number of carbonyl (C=O) groups is 1. The molecule has 0 fully saturated rings. The van der Waals surface area contributed by atoms with E-state index in [4.69, 9.17) is 9.05 Å². The van der Waals surface area contributed by atoms with Gasteiger partial charge >= 0.3 is 0 Å². The van der Waals surface area contributed by atoms with Gasteiger partial charge in [0.2, 0.25) is 5.91 Å². The van der Waals surface area contributed by atoms with E-state index in [0.29, 0.717) is 17.4 Å². The van der Waals surface area contributed by atoms with Crippen molar-refractivity contribution < 1.29 is 32.9 Å². The molecule has 85 heavy (non-hydrogen) atoms. The molecule has 0 bridgehead atoms. The Morgan fingerprint density at radius 2 is 0.729 bits per heavy atom. The third kappa shape index (κ3) is 69.0. The average molecular weight is 1210 g/mol. The van der Waals surface area contributed by atoms with E-state index in [9.17, 15) is 19.4 Å². The van der Waals surface area contributed by atoms with Crippen LogP contribution in [0.3, 0.4) is 0 Å². The highest BCUT2D eigenvalue weighted by atomic mass is 31.2. The normalized spacial score (nSPS) is 14.1. The van der Waals surface area contributed by atoms with E-state index in [0.717, 1.165) is 70.6 Å². The smallest absolute Gasteiger partial charge is 0.268 e. The molecule has 496 valence electrons. The van der Waals surface area contributed by atoms with Crippen LogP contribution in [0.4, 0.5) is 0 Å². The Bertz CT molecular complexity index is 1660. The molecule has 0 spiro atoms. The zero-order chi connectivity index (χ0) is 61.9. The molecule has 0 aliphatic heterocycles. The lowest BCUT2D eigenvalue weighted by atomic mass is 10.0. The summed E-state index contributed by atoms with van der Waals surface area (Å²) in [6, 6.07) is -0.914. The molecule has 0 saturated carbocycles. The van der Waals surface area contributed by atoms with Crippen LogP contribution in [0.5, 0.6) is 0 Å². The van der Waals surface area contributed by atoms with Crippen LogP contribution >= 0.6 is 7.82 Å². The molecular formula is C76H141N2O6P. The molecule has 3 atom stereocenters. The number of hydrogen-bond acceptors (Lipinski definition) is 6. The van der Waals surface area contributed by atoms with Crippen LogP contribution in [0.25, 0.3) is 0 Å². The first-order valence-corrected chi connectivity index (χ1v) is 37.9. The van der Waals surface area contributed by atoms with Gasteiger partial charge in [0.15, 0.2) is 0 Å². The molecule has 0 saturated heterocycles. The van der Waals surface area contributed by atoms with Crippen molar-refractivity contribution in [1.82, 2.24) is 5.32 Å². The third-order valence-corrected chi connectivity index (χ3v) is 17.3. The standard InChI is InChI=1S/C76H141N2O6P/c1-6-8-10-12-14-16-18-20-22-24-26-28-30-32-34-36-37-38-39-40-41-42-44-46-48-50-52-54-56-58-60-62-64-66-68-70-76(80)77-74(73-84-85(81,82)83-72-71-78(3,4)5)75(79)69-67-65-63-61-59-57-55-53-51-49-47-45-43-35-33-31-29-27-25-23-21-19-17-15-13-11-9-7-2/h8,10,14,16,20,22,26,28,51,53,59,61,67,69,74-75,79H,6-7,9,11-13,15,17-19,21,23-25,27,29-50,52,54-58,60,62-66,68,70-73H2,1-5H3,(H-,77,80,81,82)/b10-8-,16-14-,22-20-,28-26-,53-51+,61-59+,69-67+. The van der Waals surface area contributed by atoms with E-state index in [1.165, 1.54) is 250 Å². The van der Waals surface area contributed by atoms with Gasteiger partial charge in [-0.15, -0.1) is 0 Å². The van der Waals surface area contributed by atoms with Crippen LogP contribution in [0.2, 0.25) is 0 Å². The van der Waals surface area contributed by atoms with Gasteiger partial charge in [-0.05, 0) is 83.5 Å². The summed E-state index contributed by atoms with van der Waals surface area (Å²) in [7, 11) is 1.24. The van der Waals surface area contributed by atoms with E-state index in [1.807, 2.05) is 27.2 Å². The molecular weight excluding hydrogens is 1070 g/mol. The molecule has 8 nitrogen and oxygen atoms in total. The van der Waals surface area contributed by atoms with Crippen molar-refractivity contribution in [3.63, 3.8) is 0 Å². The van der Waals surface area contributed by atoms with Crippen LogP contribution in [0.15, 0.2) is 85.1 Å². The Balaban J connectivity index is 4.07. The van der Waals surface area contributed by atoms with Gasteiger partial charge in [-0.1, -0.05) is 336 Å². The summed E-state index contributed by atoms with van der Waals surface area (Å²) in [6.07, 6.45) is 94.4. The fourth-order valence-corrected chi connectivity index (χ4v) is 11.4. The van der Waals surface area contributed by atoms with E-state index in [2.05, 4.69) is 92.1 Å². The molecule has 3 unspecified atom stereocenters. The average Bonchev–Trinajstić information content (AvgIpc) is 3.48. The van der Waals surface area contributed by atoms with Gasteiger partial charge in [-0.2, -0.15) is 0 Å². The lowest BCUT2D eigenvalue weighted by Gasteiger charge is -2.29. The molecule has 0 rings (SSSR count). The quantitative estimate of drug-likeness (QED) is 0.0272. The predicted molar refractivity (Wildman–Crippen MR) is 371 cm³/mol. The van der Waals surface area contributed by atoms with Gasteiger partial charge in [0.25, 0.3) is 7.82 Å². The van der Waals surface area contributed by atoms with E-state index < -0.39 is 26.6 Å². The second kappa shape index (κ2) is 66.1. The number of phosphoric acid groups is 1. The summed E-state index contributed by atoms with van der Waals surface area (Å²) >= 11 is 0. The summed E-state index contributed by atoms with van der Waals surface area (Å²) < 4.78 is 23.5. The van der Waals surface area contributed by atoms with Gasteiger partial charge < -0.3 is 28.8 Å². The topological polar surface area (TPSA) is 108 Å². The third-order valence-electron chi connectivity index (χ3n) is 16.3. The van der Waals surface area contributed by atoms with E-state index >= 15 is 0 Å². The number of rotatable bonds is 67. The molecule has 0 aliphatic carbocycles. The minimum atomic E-state index is -4.62. The zero-order valence-corrected chi connectivity index (χ0v) is 57.7. The maximum Gasteiger partial charge on any atom is 0.268 e. The first-order chi connectivity index (χ1) is 41.5. The Hall–Kier alpha value is -2.32. The number of hydrogen-bond donors (Lipinski definition) is 2. The van der Waals surface area contributed by atoms with Crippen LogP contribution in [-0.4, -0.2) is 68.5 Å². The minimum Gasteiger partial charge on any atom is -0.756 e. The Kier molecular flexibility index (Phi) is 64.3. The minimum absolute atomic E-state index is 0.00983. The Morgan fingerprint density at radius 1 is 0.424 bits per heavy atom. The summed E-state index contributed by atoms with van der Waals surface area (Å²) in [5, 5.41) is 13.9. The van der Waals surface area contributed by atoms with Crippen molar-refractivity contribution in [2.45, 2.75) is 353 Å². The summed E-state index contributed by atoms with van der Waals surface area (Å²) in [5.74, 6) is -0.207.